The first kappa shape index (κ1) is 60.2. The van der Waals surface area contributed by atoms with Crippen molar-refractivity contribution in [3.63, 3.8) is 0 Å². The standard InChI is InChI=1S/C60H94O10/c1-16-53(61)70-58(10,11)48(46-65-50-31-21-18-22-32-50)47-69-60(14,15)55(4,5)36-24-26-41-67-57(8,9)38-44-64-52-34-27-33-51(45-52)63-43-37-56(6,7)66-40-25-23-35-54(2,3)59(12,13)68-42-28-39-62-49-29-19-17-20-30-49/h16-22,27,29-34,45,48H,1,23-26,28,35-44,46-47H2,2-15H3. The van der Waals surface area contributed by atoms with E-state index in [-0.39, 0.29) is 33.6 Å². The van der Waals surface area contributed by atoms with Crippen molar-refractivity contribution in [2.45, 2.75) is 183 Å². The Morgan fingerprint density at radius 1 is 0.457 bits per heavy atom. The van der Waals surface area contributed by atoms with Gasteiger partial charge in [0.25, 0.3) is 0 Å². The highest BCUT2D eigenvalue weighted by atomic mass is 16.6. The minimum Gasteiger partial charge on any atom is -0.494 e. The number of rotatable bonds is 37. The summed E-state index contributed by atoms with van der Waals surface area (Å²) >= 11 is 0. The van der Waals surface area contributed by atoms with Crippen LogP contribution in [0.4, 0.5) is 0 Å². The lowest BCUT2D eigenvalue weighted by molar-refractivity contribution is -0.169. The van der Waals surface area contributed by atoms with Gasteiger partial charge in [0.15, 0.2) is 0 Å². The Morgan fingerprint density at radius 2 is 0.886 bits per heavy atom. The van der Waals surface area contributed by atoms with Crippen molar-refractivity contribution in [3.8, 4) is 23.0 Å². The topological polar surface area (TPSA) is 100 Å². The lowest BCUT2D eigenvalue weighted by atomic mass is 9.73. The Labute approximate surface area is 424 Å². The van der Waals surface area contributed by atoms with Crippen molar-refractivity contribution in [2.75, 3.05) is 52.9 Å². The molecule has 0 amide bonds. The van der Waals surface area contributed by atoms with Gasteiger partial charge in [0, 0.05) is 44.6 Å². The molecule has 0 saturated carbocycles. The monoisotopic (exact) mass is 975 g/mol. The van der Waals surface area contributed by atoms with Crippen LogP contribution in [0.5, 0.6) is 23.0 Å². The minimum atomic E-state index is -0.836. The van der Waals surface area contributed by atoms with Gasteiger partial charge in [-0.25, -0.2) is 4.79 Å². The van der Waals surface area contributed by atoms with Crippen LogP contribution in [0.15, 0.2) is 97.6 Å². The molecule has 394 valence electrons. The predicted octanol–water partition coefficient (Wildman–Crippen LogP) is 14.5. The molecule has 0 aliphatic rings. The van der Waals surface area contributed by atoms with Crippen molar-refractivity contribution in [1.29, 1.82) is 0 Å². The number of ether oxygens (including phenoxy) is 9. The second-order valence-corrected chi connectivity index (χ2v) is 22.8. The molecule has 70 heavy (non-hydrogen) atoms. The molecular weight excluding hydrogens is 881 g/mol. The second kappa shape index (κ2) is 28.2. The van der Waals surface area contributed by atoms with Crippen molar-refractivity contribution in [3.05, 3.63) is 97.6 Å². The molecule has 1 unspecified atom stereocenters. The van der Waals surface area contributed by atoms with Crippen molar-refractivity contribution in [2.24, 2.45) is 16.7 Å². The molecule has 1 atom stereocenters. The summed E-state index contributed by atoms with van der Waals surface area (Å²) in [5.74, 6) is 2.52. The number of unbranched alkanes of at least 4 members (excludes halogenated alkanes) is 2. The van der Waals surface area contributed by atoms with Crippen LogP contribution in [0.25, 0.3) is 0 Å². The molecule has 3 aromatic rings. The van der Waals surface area contributed by atoms with Gasteiger partial charge in [-0.3, -0.25) is 0 Å². The van der Waals surface area contributed by atoms with Crippen LogP contribution in [-0.4, -0.2) is 86.8 Å². The second-order valence-electron chi connectivity index (χ2n) is 22.8. The molecule has 10 heteroatoms. The van der Waals surface area contributed by atoms with Gasteiger partial charge in [-0.2, -0.15) is 0 Å². The zero-order valence-electron chi connectivity index (χ0n) is 46.0. The fourth-order valence-corrected chi connectivity index (χ4v) is 7.60. The first-order valence-electron chi connectivity index (χ1n) is 25.9. The van der Waals surface area contributed by atoms with E-state index in [0.29, 0.717) is 52.9 Å². The molecule has 0 aromatic heterocycles. The lowest BCUT2D eigenvalue weighted by Gasteiger charge is -2.44. The van der Waals surface area contributed by atoms with Gasteiger partial charge < -0.3 is 42.6 Å². The molecule has 0 bridgehead atoms. The molecule has 3 rings (SSSR count). The highest BCUT2D eigenvalue weighted by molar-refractivity contribution is 5.81. The third kappa shape index (κ3) is 22.1. The summed E-state index contributed by atoms with van der Waals surface area (Å²) in [5.41, 5.74) is -2.30. The quantitative estimate of drug-likeness (QED) is 0.0315. The van der Waals surface area contributed by atoms with E-state index in [0.717, 1.165) is 80.8 Å². The van der Waals surface area contributed by atoms with Crippen LogP contribution in [-0.2, 0) is 28.5 Å². The fraction of sp³-hybridized carbons (Fsp3) is 0.650. The Morgan fingerprint density at radius 3 is 1.37 bits per heavy atom. The van der Waals surface area contributed by atoms with Gasteiger partial charge in [-0.15, -0.1) is 0 Å². The molecule has 0 N–H and O–H groups in total. The van der Waals surface area contributed by atoms with Gasteiger partial charge in [0.2, 0.25) is 0 Å². The van der Waals surface area contributed by atoms with E-state index >= 15 is 0 Å². The van der Waals surface area contributed by atoms with Crippen LogP contribution in [0, 0.1) is 16.7 Å². The molecule has 0 saturated heterocycles. The summed E-state index contributed by atoms with van der Waals surface area (Å²) in [6.07, 6.45) is 9.57. The number of hydrogen-bond acceptors (Lipinski definition) is 10. The molecule has 0 radical (unpaired) electrons. The maximum atomic E-state index is 12.2. The molecule has 0 spiro atoms. The number of hydrogen-bond donors (Lipinski definition) is 0. The summed E-state index contributed by atoms with van der Waals surface area (Å²) in [6, 6.07) is 27.4. The molecular formula is C60H94O10. The number of carbonyl (C=O) groups excluding carboxylic acids is 1. The van der Waals surface area contributed by atoms with E-state index in [1.54, 1.807) is 0 Å². The molecule has 0 aliphatic carbocycles. The van der Waals surface area contributed by atoms with E-state index in [2.05, 4.69) is 89.7 Å². The van der Waals surface area contributed by atoms with Gasteiger partial charge in [0.05, 0.1) is 68.0 Å². The summed E-state index contributed by atoms with van der Waals surface area (Å²) in [7, 11) is 0. The lowest BCUT2D eigenvalue weighted by Crippen LogP contribution is -2.47. The fourth-order valence-electron chi connectivity index (χ4n) is 7.60. The third-order valence-corrected chi connectivity index (χ3v) is 14.5. The first-order valence-corrected chi connectivity index (χ1v) is 25.9. The number of benzene rings is 3. The Bertz CT molecular complexity index is 1920. The third-order valence-electron chi connectivity index (χ3n) is 14.5. The van der Waals surface area contributed by atoms with Crippen molar-refractivity contribution in [1.82, 2.24) is 0 Å². The summed E-state index contributed by atoms with van der Waals surface area (Å²) in [6.45, 7) is 38.1. The predicted molar refractivity (Wildman–Crippen MR) is 284 cm³/mol. The Kier molecular flexibility index (Phi) is 24.3. The highest BCUT2D eigenvalue weighted by Crippen LogP contribution is 2.40. The first-order chi connectivity index (χ1) is 32.8. The van der Waals surface area contributed by atoms with E-state index in [4.69, 9.17) is 42.6 Å². The molecule has 0 fully saturated rings. The van der Waals surface area contributed by atoms with Crippen LogP contribution >= 0.6 is 0 Å². The average Bonchev–Trinajstić information content (AvgIpc) is 3.28. The Balaban J connectivity index is 1.31. The normalized spacial score (nSPS) is 13.4. The summed E-state index contributed by atoms with van der Waals surface area (Å²) < 4.78 is 55.8. The minimum absolute atomic E-state index is 0.0205. The average molecular weight is 975 g/mol. The van der Waals surface area contributed by atoms with E-state index in [1.807, 2.05) is 98.8 Å². The molecule has 10 nitrogen and oxygen atoms in total. The van der Waals surface area contributed by atoms with E-state index < -0.39 is 17.2 Å². The molecule has 3 aromatic carbocycles. The maximum Gasteiger partial charge on any atom is 0.330 e. The van der Waals surface area contributed by atoms with Crippen LogP contribution in [0.3, 0.4) is 0 Å². The molecule has 0 heterocycles. The zero-order valence-corrected chi connectivity index (χ0v) is 46.0. The summed E-state index contributed by atoms with van der Waals surface area (Å²) in [4.78, 5) is 12.2. The molecule has 0 aliphatic heterocycles. The van der Waals surface area contributed by atoms with Crippen molar-refractivity contribution < 1.29 is 47.4 Å². The van der Waals surface area contributed by atoms with Crippen LogP contribution < -0.4 is 18.9 Å². The van der Waals surface area contributed by atoms with Crippen LogP contribution in [0.2, 0.25) is 0 Å². The van der Waals surface area contributed by atoms with Crippen LogP contribution in [0.1, 0.15) is 155 Å². The number of esters is 1. The number of para-hydroxylation sites is 2. The SMILES string of the molecule is C=CC(=O)OC(C)(C)C(COc1ccccc1)COC(C)(C)C(C)(C)CCCCOC(C)(C)CCOc1cccc(OCCC(C)(C)OCCCCC(C)(C)C(C)(C)OCCCOc2ccccc2)c1. The zero-order chi connectivity index (χ0) is 52.0. The maximum absolute atomic E-state index is 12.2. The highest BCUT2D eigenvalue weighted by Gasteiger charge is 2.41. The van der Waals surface area contributed by atoms with Gasteiger partial charge in [-0.05, 0) is 142 Å². The van der Waals surface area contributed by atoms with Gasteiger partial charge >= 0.3 is 5.97 Å². The smallest absolute Gasteiger partial charge is 0.330 e. The van der Waals surface area contributed by atoms with Gasteiger partial charge in [-0.1, -0.05) is 89.6 Å². The largest absolute Gasteiger partial charge is 0.494 e. The van der Waals surface area contributed by atoms with Gasteiger partial charge in [0.1, 0.15) is 28.6 Å². The van der Waals surface area contributed by atoms with E-state index in [9.17, 15) is 4.79 Å². The van der Waals surface area contributed by atoms with Crippen molar-refractivity contribution >= 4 is 5.97 Å². The summed E-state index contributed by atoms with van der Waals surface area (Å²) in [5, 5.41) is 0. The number of carbonyl (C=O) groups is 1. The Hall–Kier alpha value is -4.09. The van der Waals surface area contributed by atoms with E-state index in [1.165, 1.54) is 6.08 Å².